The molecule has 38 heavy (non-hydrogen) atoms. The molecule has 0 bridgehead atoms. The number of nitrogens with two attached hydrogens (primary N) is 1. The number of carbonyl (C=O) groups is 2. The lowest BCUT2D eigenvalue weighted by atomic mass is 10.1. The monoisotopic (exact) mass is 525 g/mol. The van der Waals surface area contributed by atoms with E-state index in [0.29, 0.717) is 25.5 Å². The van der Waals surface area contributed by atoms with E-state index >= 15 is 0 Å². The Labute approximate surface area is 217 Å². The summed E-state index contributed by atoms with van der Waals surface area (Å²) in [6, 6.07) is 9.82. The van der Waals surface area contributed by atoms with Crippen molar-refractivity contribution in [1.29, 1.82) is 0 Å². The molecule has 4 N–H and O–H groups in total. The maximum absolute atomic E-state index is 13.0. The fourth-order valence-electron chi connectivity index (χ4n) is 4.54. The van der Waals surface area contributed by atoms with Crippen LogP contribution in [0.1, 0.15) is 38.4 Å². The number of hydrogen-bond acceptors (Lipinski definition) is 8. The molecule has 1 saturated heterocycles. The van der Waals surface area contributed by atoms with Gasteiger partial charge in [-0.1, -0.05) is 18.2 Å². The van der Waals surface area contributed by atoms with Crippen molar-refractivity contribution < 1.29 is 28.9 Å². The molecule has 200 valence electrons. The number of aromatic hydroxyl groups is 1. The first-order valence-corrected chi connectivity index (χ1v) is 11.9. The number of fused-ring (bicyclic) bond motifs is 2. The van der Waals surface area contributed by atoms with Crippen molar-refractivity contribution in [3.05, 3.63) is 87.2 Å². The summed E-state index contributed by atoms with van der Waals surface area (Å²) in [5.41, 5.74) is 5.41. The number of pyridine rings is 2. The van der Waals surface area contributed by atoms with Crippen molar-refractivity contribution in [2.45, 2.75) is 32.2 Å². The Morgan fingerprint density at radius 2 is 1.87 bits per heavy atom. The number of halogens is 1. The third-order valence-corrected chi connectivity index (χ3v) is 6.48. The smallest absolute Gasteiger partial charge is 0.341 e. The fourth-order valence-corrected chi connectivity index (χ4v) is 4.54. The Balaban J connectivity index is 0.000000317. The van der Waals surface area contributed by atoms with E-state index in [0.717, 1.165) is 30.3 Å². The molecule has 3 aromatic rings. The van der Waals surface area contributed by atoms with Crippen LogP contribution in [0.3, 0.4) is 0 Å². The summed E-state index contributed by atoms with van der Waals surface area (Å²) in [4.78, 5) is 44.4. The summed E-state index contributed by atoms with van der Waals surface area (Å²) >= 11 is 0. The van der Waals surface area contributed by atoms with Crippen LogP contribution >= 0.6 is 0 Å². The number of aromatic carboxylic acids is 1. The van der Waals surface area contributed by atoms with E-state index < -0.39 is 28.6 Å². The van der Waals surface area contributed by atoms with Gasteiger partial charge in [0.2, 0.25) is 11.3 Å². The molecule has 1 amide bonds. The van der Waals surface area contributed by atoms with Crippen LogP contribution in [0.25, 0.3) is 0 Å². The molecule has 2 aromatic heterocycles. The van der Waals surface area contributed by atoms with Crippen molar-refractivity contribution in [2.75, 3.05) is 20.2 Å². The number of carboxylic acids is 1. The topological polar surface area (TPSA) is 151 Å². The van der Waals surface area contributed by atoms with Gasteiger partial charge in [0.1, 0.15) is 17.5 Å². The van der Waals surface area contributed by atoms with Crippen LogP contribution in [0.4, 0.5) is 4.39 Å². The number of amides is 1. The van der Waals surface area contributed by atoms with Gasteiger partial charge in [-0.2, -0.15) is 0 Å². The predicted octanol–water partition coefficient (Wildman–Crippen LogP) is 1.63. The highest BCUT2D eigenvalue weighted by Gasteiger charge is 2.40. The molecule has 1 fully saturated rings. The second kappa shape index (κ2) is 11.4. The van der Waals surface area contributed by atoms with E-state index in [1.165, 1.54) is 16.7 Å². The van der Waals surface area contributed by atoms with Gasteiger partial charge in [-0.25, -0.2) is 14.2 Å². The fraction of sp³-hybridized carbons (Fsp3) is 0.308. The lowest BCUT2D eigenvalue weighted by Crippen LogP contribution is -2.60. The largest absolute Gasteiger partial charge is 0.503 e. The highest BCUT2D eigenvalue weighted by atomic mass is 19.1. The number of rotatable bonds is 5. The first kappa shape index (κ1) is 26.8. The minimum absolute atomic E-state index is 0.163. The SMILES string of the molecule is COc1ccc(CN2CCCN3C(=O)c4c(O)c(=O)c(C(=O)O)cn4CC23)cn1.NCc1ccc(F)cc1. The van der Waals surface area contributed by atoms with Crippen molar-refractivity contribution in [3.8, 4) is 11.6 Å². The van der Waals surface area contributed by atoms with Gasteiger partial charge in [-0.15, -0.1) is 0 Å². The van der Waals surface area contributed by atoms with E-state index in [4.69, 9.17) is 10.5 Å². The second-order valence-electron chi connectivity index (χ2n) is 8.87. The Hall–Kier alpha value is -4.29. The van der Waals surface area contributed by atoms with Gasteiger partial charge in [0.15, 0.2) is 11.4 Å². The quantitative estimate of drug-likeness (QED) is 0.451. The number of methoxy groups -OCH3 is 1. The van der Waals surface area contributed by atoms with Gasteiger partial charge in [0.05, 0.1) is 13.7 Å². The molecule has 1 unspecified atom stereocenters. The summed E-state index contributed by atoms with van der Waals surface area (Å²) in [5.74, 6) is -2.45. The zero-order valence-electron chi connectivity index (χ0n) is 20.7. The van der Waals surface area contributed by atoms with E-state index in [1.54, 1.807) is 36.4 Å². The average Bonchev–Trinajstić information content (AvgIpc) is 2.92. The lowest BCUT2D eigenvalue weighted by Gasteiger charge is -2.47. The summed E-state index contributed by atoms with van der Waals surface area (Å²) in [6.07, 6.45) is 3.26. The van der Waals surface area contributed by atoms with Crippen LogP contribution in [0.5, 0.6) is 11.6 Å². The highest BCUT2D eigenvalue weighted by Crippen LogP contribution is 2.29. The molecular formula is C26H28FN5O6. The first-order valence-electron chi connectivity index (χ1n) is 11.9. The van der Waals surface area contributed by atoms with E-state index in [9.17, 15) is 29.0 Å². The third-order valence-electron chi connectivity index (χ3n) is 6.48. The third kappa shape index (κ3) is 5.50. The van der Waals surface area contributed by atoms with Crippen LogP contribution in [0, 0.1) is 5.82 Å². The van der Waals surface area contributed by atoms with Crippen LogP contribution in [-0.2, 0) is 19.6 Å². The number of nitrogens with zero attached hydrogens (tertiary/aromatic N) is 4. The standard InChI is InChI=1S/C19H20N4O6.C7H8FN/c1-29-13-4-3-11(7-20-13)8-21-5-2-6-23-14(21)10-22-9-12(19(27)28)16(24)17(25)15(22)18(23)26;8-7-3-1-6(5-9)2-4-7/h3-4,7,9,14,25H,2,5-6,8,10H2,1H3,(H,27,28);1-4H,5,9H2. The number of benzene rings is 1. The molecule has 1 atom stereocenters. The molecule has 2 aliphatic rings. The molecule has 0 radical (unpaired) electrons. The predicted molar refractivity (Wildman–Crippen MR) is 134 cm³/mol. The molecule has 0 saturated carbocycles. The van der Waals surface area contributed by atoms with Gasteiger partial charge >= 0.3 is 5.97 Å². The lowest BCUT2D eigenvalue weighted by molar-refractivity contribution is -0.0141. The Kier molecular flexibility index (Phi) is 8.03. The van der Waals surface area contributed by atoms with Crippen LogP contribution in [0.15, 0.2) is 53.6 Å². The van der Waals surface area contributed by atoms with Crippen LogP contribution in [-0.4, -0.2) is 67.8 Å². The average molecular weight is 526 g/mol. The van der Waals surface area contributed by atoms with Gasteiger partial charge in [0.25, 0.3) is 5.91 Å². The molecule has 4 heterocycles. The molecule has 5 rings (SSSR count). The number of ether oxygens (including phenoxy) is 1. The maximum Gasteiger partial charge on any atom is 0.341 e. The van der Waals surface area contributed by atoms with Crippen molar-refractivity contribution in [2.24, 2.45) is 5.73 Å². The molecular weight excluding hydrogens is 497 g/mol. The van der Waals surface area contributed by atoms with Crippen molar-refractivity contribution in [1.82, 2.24) is 19.4 Å². The Morgan fingerprint density at radius 3 is 2.47 bits per heavy atom. The van der Waals surface area contributed by atoms with Gasteiger partial charge in [0, 0.05) is 44.6 Å². The summed E-state index contributed by atoms with van der Waals surface area (Å²) in [7, 11) is 1.54. The summed E-state index contributed by atoms with van der Waals surface area (Å²) in [5, 5.41) is 19.4. The van der Waals surface area contributed by atoms with E-state index in [1.807, 2.05) is 6.07 Å². The van der Waals surface area contributed by atoms with Crippen LogP contribution < -0.4 is 15.9 Å². The summed E-state index contributed by atoms with van der Waals surface area (Å²) in [6.45, 7) is 2.50. The number of aromatic nitrogens is 2. The molecule has 2 aliphatic heterocycles. The minimum atomic E-state index is -1.44. The zero-order valence-corrected chi connectivity index (χ0v) is 20.7. The van der Waals surface area contributed by atoms with Crippen molar-refractivity contribution >= 4 is 11.9 Å². The van der Waals surface area contributed by atoms with E-state index in [2.05, 4.69) is 9.88 Å². The summed E-state index contributed by atoms with van der Waals surface area (Å²) < 4.78 is 18.6. The minimum Gasteiger partial charge on any atom is -0.503 e. The normalized spacial score (nSPS) is 16.7. The maximum atomic E-state index is 13.0. The van der Waals surface area contributed by atoms with Gasteiger partial charge in [-0.3, -0.25) is 14.5 Å². The molecule has 1 aromatic carbocycles. The number of carbonyl (C=O) groups excluding carboxylic acids is 1. The van der Waals surface area contributed by atoms with Crippen molar-refractivity contribution in [3.63, 3.8) is 0 Å². The number of hydrogen-bond donors (Lipinski definition) is 3. The Morgan fingerprint density at radius 1 is 1.16 bits per heavy atom. The van der Waals surface area contributed by atoms with Gasteiger partial charge in [-0.05, 0) is 29.7 Å². The number of carboxylic acid groups (broad SMARTS) is 1. The van der Waals surface area contributed by atoms with Gasteiger partial charge < -0.3 is 30.2 Å². The molecule has 0 spiro atoms. The molecule has 12 heteroatoms. The molecule has 11 nitrogen and oxygen atoms in total. The second-order valence-corrected chi connectivity index (χ2v) is 8.87. The Bertz CT molecular complexity index is 1380. The highest BCUT2D eigenvalue weighted by molar-refractivity contribution is 5.97. The first-order chi connectivity index (χ1) is 18.2. The molecule has 0 aliphatic carbocycles. The van der Waals surface area contributed by atoms with E-state index in [-0.39, 0.29) is 24.2 Å². The zero-order chi connectivity index (χ0) is 27.4. The van der Waals surface area contributed by atoms with Crippen LogP contribution in [0.2, 0.25) is 0 Å².